The summed E-state index contributed by atoms with van der Waals surface area (Å²) in [7, 11) is 4.23. The van der Waals surface area contributed by atoms with Gasteiger partial charge in [0.2, 0.25) is 0 Å². The van der Waals surface area contributed by atoms with E-state index < -0.39 is 5.97 Å². The molecule has 4 heteroatoms. The Labute approximate surface area is 158 Å². The first-order valence-corrected chi connectivity index (χ1v) is 9.60. The second-order valence-corrected chi connectivity index (χ2v) is 8.86. The van der Waals surface area contributed by atoms with Gasteiger partial charge in [-0.2, -0.15) is 0 Å². The molecule has 2 saturated carbocycles. The van der Waals surface area contributed by atoms with E-state index in [1.54, 1.807) is 0 Å². The van der Waals surface area contributed by atoms with Crippen LogP contribution in [0, 0.1) is 16.7 Å². The quantitative estimate of drug-likeness (QED) is 0.845. The Morgan fingerprint density at radius 1 is 1.23 bits per heavy atom. The average molecular weight is 362 g/mol. The van der Waals surface area contributed by atoms with Crippen LogP contribution >= 0.6 is 0 Å². The minimum Gasteiger partial charge on any atom is -0.481 e. The number of carboxylic acid groups (broad SMARTS) is 1. The molecule has 1 N–H and O–H groups in total. The summed E-state index contributed by atoms with van der Waals surface area (Å²) >= 11 is 0. The zero-order valence-electron chi connectivity index (χ0n) is 17.2. The number of hydrogen-bond acceptors (Lipinski definition) is 3. The van der Waals surface area contributed by atoms with Crippen molar-refractivity contribution >= 4 is 5.97 Å². The Kier molecular flexibility index (Phi) is 6.19. The van der Waals surface area contributed by atoms with E-state index in [1.165, 1.54) is 24.8 Å². The number of likely N-dealkylation sites (N-methyl/N-ethyl adjacent to an activating group) is 1. The molecule has 0 heterocycles. The highest BCUT2D eigenvalue weighted by Crippen LogP contribution is 2.73. The minimum absolute atomic E-state index is 0.114. The van der Waals surface area contributed by atoms with Crippen LogP contribution in [0.4, 0.5) is 0 Å². The number of aliphatic carboxylic acids is 1. The number of rotatable bonds is 5. The summed E-state index contributed by atoms with van der Waals surface area (Å²) in [5.74, 6) is -0.0583. The summed E-state index contributed by atoms with van der Waals surface area (Å²) in [4.78, 5) is 11.2. The van der Waals surface area contributed by atoms with Crippen molar-refractivity contribution in [3.63, 3.8) is 0 Å². The molecule has 0 radical (unpaired) electrons. The van der Waals surface area contributed by atoms with Crippen molar-refractivity contribution in [3.05, 3.63) is 35.9 Å². The smallest absolute Gasteiger partial charge is 0.300 e. The third-order valence-electron chi connectivity index (χ3n) is 6.99. The standard InChI is InChI=1S/C20H31NO.C2H4O2/c1-18(2)17-11-12-19(18,3)20(15-17,22-14-13-21(4)5)16-9-7-6-8-10-16;1-2(3)4/h6-10,17H,11-15H2,1-5H3;1H3,(H,3,4)/t17-,19-,20+;/m1./s1. The molecule has 2 fully saturated rings. The van der Waals surface area contributed by atoms with Crippen LogP contribution < -0.4 is 0 Å². The molecule has 3 rings (SSSR count). The van der Waals surface area contributed by atoms with Crippen molar-refractivity contribution in [1.82, 2.24) is 4.90 Å². The molecule has 0 aliphatic heterocycles. The second-order valence-electron chi connectivity index (χ2n) is 8.86. The Morgan fingerprint density at radius 2 is 1.81 bits per heavy atom. The van der Waals surface area contributed by atoms with E-state index in [4.69, 9.17) is 14.6 Å². The molecule has 2 aliphatic carbocycles. The average Bonchev–Trinajstić information content (AvgIpc) is 2.87. The second kappa shape index (κ2) is 7.69. The highest BCUT2D eigenvalue weighted by molar-refractivity contribution is 5.62. The number of hydrogen-bond donors (Lipinski definition) is 1. The molecule has 0 unspecified atom stereocenters. The molecule has 3 atom stereocenters. The third-order valence-corrected chi connectivity index (χ3v) is 6.99. The molecule has 0 amide bonds. The molecule has 146 valence electrons. The molecule has 0 spiro atoms. The molecule has 2 aliphatic rings. The van der Waals surface area contributed by atoms with Crippen molar-refractivity contribution in [1.29, 1.82) is 0 Å². The predicted molar refractivity (Wildman–Crippen MR) is 105 cm³/mol. The molecule has 2 bridgehead atoms. The lowest BCUT2D eigenvalue weighted by Gasteiger charge is -2.49. The maximum atomic E-state index is 9.00. The fourth-order valence-corrected chi connectivity index (χ4v) is 5.10. The highest BCUT2D eigenvalue weighted by Gasteiger charge is 2.69. The SMILES string of the molecule is CC(=O)O.CN(C)CCO[C@]1(c2ccccc2)C[C@H]2CC[C@]1(C)C2(C)C. The van der Waals surface area contributed by atoms with Gasteiger partial charge in [0, 0.05) is 18.9 Å². The molecule has 4 nitrogen and oxygen atoms in total. The van der Waals surface area contributed by atoms with E-state index in [0.29, 0.717) is 5.41 Å². The molecular weight excluding hydrogens is 326 g/mol. The largest absolute Gasteiger partial charge is 0.481 e. The van der Waals surface area contributed by atoms with Crippen LogP contribution in [0.3, 0.4) is 0 Å². The van der Waals surface area contributed by atoms with Gasteiger partial charge in [0.15, 0.2) is 0 Å². The first-order chi connectivity index (χ1) is 12.1. The topological polar surface area (TPSA) is 49.8 Å². The maximum absolute atomic E-state index is 9.00. The first kappa shape index (κ1) is 20.9. The number of fused-ring (bicyclic) bond motifs is 2. The van der Waals surface area contributed by atoms with Gasteiger partial charge in [-0.15, -0.1) is 0 Å². The van der Waals surface area contributed by atoms with Gasteiger partial charge in [-0.1, -0.05) is 51.1 Å². The van der Waals surface area contributed by atoms with Crippen LogP contribution in [-0.2, 0) is 15.1 Å². The number of ether oxygens (including phenoxy) is 1. The molecule has 26 heavy (non-hydrogen) atoms. The van der Waals surface area contributed by atoms with Gasteiger partial charge in [-0.05, 0) is 50.3 Å². The van der Waals surface area contributed by atoms with Crippen molar-refractivity contribution < 1.29 is 14.6 Å². The van der Waals surface area contributed by atoms with E-state index in [0.717, 1.165) is 26.0 Å². The summed E-state index contributed by atoms with van der Waals surface area (Å²) in [6.45, 7) is 10.3. The van der Waals surface area contributed by atoms with E-state index in [1.807, 2.05) is 0 Å². The monoisotopic (exact) mass is 361 g/mol. The van der Waals surface area contributed by atoms with E-state index in [-0.39, 0.29) is 11.0 Å². The fourth-order valence-electron chi connectivity index (χ4n) is 5.10. The number of carbonyl (C=O) groups is 1. The van der Waals surface area contributed by atoms with Crippen LogP contribution in [-0.4, -0.2) is 43.2 Å². The van der Waals surface area contributed by atoms with Crippen LogP contribution in [0.5, 0.6) is 0 Å². The maximum Gasteiger partial charge on any atom is 0.300 e. The van der Waals surface area contributed by atoms with Gasteiger partial charge in [0.25, 0.3) is 5.97 Å². The van der Waals surface area contributed by atoms with Gasteiger partial charge in [-0.3, -0.25) is 4.79 Å². The molecule has 0 saturated heterocycles. The minimum atomic E-state index is -0.833. The Morgan fingerprint density at radius 3 is 2.23 bits per heavy atom. The number of nitrogens with zero attached hydrogens (tertiary/aromatic N) is 1. The van der Waals surface area contributed by atoms with E-state index in [9.17, 15) is 0 Å². The van der Waals surface area contributed by atoms with Gasteiger partial charge in [0.05, 0.1) is 12.2 Å². The molecule has 0 aromatic heterocycles. The Balaban J connectivity index is 0.000000552. The highest BCUT2D eigenvalue weighted by atomic mass is 16.5. The predicted octanol–water partition coefficient (Wildman–Crippen LogP) is 4.40. The van der Waals surface area contributed by atoms with Crippen LogP contribution in [0.15, 0.2) is 30.3 Å². The third kappa shape index (κ3) is 3.54. The fraction of sp³-hybridized carbons (Fsp3) is 0.682. The normalized spacial score (nSPS) is 31.6. The lowest BCUT2D eigenvalue weighted by Crippen LogP contribution is -2.47. The molecule has 1 aromatic rings. The van der Waals surface area contributed by atoms with Gasteiger partial charge in [-0.25, -0.2) is 0 Å². The van der Waals surface area contributed by atoms with Crippen LogP contribution in [0.2, 0.25) is 0 Å². The van der Waals surface area contributed by atoms with Crippen molar-refractivity contribution in [2.24, 2.45) is 16.7 Å². The van der Waals surface area contributed by atoms with Gasteiger partial charge >= 0.3 is 0 Å². The van der Waals surface area contributed by atoms with Crippen LogP contribution in [0.25, 0.3) is 0 Å². The van der Waals surface area contributed by atoms with Crippen molar-refractivity contribution in [2.45, 2.75) is 52.6 Å². The van der Waals surface area contributed by atoms with Gasteiger partial charge < -0.3 is 14.7 Å². The Hall–Kier alpha value is -1.39. The van der Waals surface area contributed by atoms with Crippen LogP contribution in [0.1, 0.15) is 52.5 Å². The summed E-state index contributed by atoms with van der Waals surface area (Å²) in [6, 6.07) is 11.0. The summed E-state index contributed by atoms with van der Waals surface area (Å²) in [5.41, 5.74) is 1.84. The lowest BCUT2D eigenvalue weighted by atomic mass is 9.62. The lowest BCUT2D eigenvalue weighted by molar-refractivity contribution is -0.148. The summed E-state index contributed by atoms with van der Waals surface area (Å²) in [6.07, 6.45) is 3.81. The van der Waals surface area contributed by atoms with Gasteiger partial charge in [0.1, 0.15) is 0 Å². The summed E-state index contributed by atoms with van der Waals surface area (Å²) in [5, 5.41) is 7.42. The first-order valence-electron chi connectivity index (χ1n) is 9.60. The number of carboxylic acids is 1. The van der Waals surface area contributed by atoms with Crippen molar-refractivity contribution in [2.75, 3.05) is 27.2 Å². The molecule has 1 aromatic carbocycles. The Bertz CT molecular complexity index is 609. The van der Waals surface area contributed by atoms with Crippen molar-refractivity contribution in [3.8, 4) is 0 Å². The zero-order chi connectivity index (χ0) is 19.6. The number of benzene rings is 1. The zero-order valence-corrected chi connectivity index (χ0v) is 17.2. The molecular formula is C22H35NO3. The summed E-state index contributed by atoms with van der Waals surface area (Å²) < 4.78 is 6.72. The van der Waals surface area contributed by atoms with E-state index >= 15 is 0 Å². The van der Waals surface area contributed by atoms with E-state index in [2.05, 4.69) is 70.1 Å².